The first-order valence-electron chi connectivity index (χ1n) is 7.55. The van der Waals surface area contributed by atoms with Crippen molar-refractivity contribution in [3.63, 3.8) is 0 Å². The van der Waals surface area contributed by atoms with E-state index in [9.17, 15) is 13.2 Å². The van der Waals surface area contributed by atoms with Crippen molar-refractivity contribution in [1.29, 1.82) is 0 Å². The normalized spacial score (nSPS) is 21.5. The number of hydrogen-bond donors (Lipinski definition) is 1. The Morgan fingerprint density at radius 2 is 2.04 bits per heavy atom. The van der Waals surface area contributed by atoms with Crippen LogP contribution in [0.1, 0.15) is 29.6 Å². The highest BCUT2D eigenvalue weighted by Gasteiger charge is 2.32. The fraction of sp³-hybridized carbons (Fsp3) is 0.375. The number of benzene rings is 1. The number of nitrogens with zero attached hydrogens (tertiary/aromatic N) is 2. The lowest BCUT2D eigenvalue weighted by Gasteiger charge is -2.21. The maximum absolute atomic E-state index is 12.7. The summed E-state index contributed by atoms with van der Waals surface area (Å²) in [6, 6.07) is 7.89. The van der Waals surface area contributed by atoms with Gasteiger partial charge in [0.15, 0.2) is 0 Å². The van der Waals surface area contributed by atoms with Gasteiger partial charge in [-0.3, -0.25) is 4.79 Å². The third-order valence-electron chi connectivity index (χ3n) is 3.68. The van der Waals surface area contributed by atoms with Crippen LogP contribution in [0.3, 0.4) is 0 Å². The number of carbonyl (C=O) groups excluding carboxylic acids is 1. The van der Waals surface area contributed by atoms with Crippen LogP contribution >= 0.6 is 11.6 Å². The van der Waals surface area contributed by atoms with E-state index in [0.717, 1.165) is 6.42 Å². The Morgan fingerprint density at radius 3 is 2.58 bits per heavy atom. The van der Waals surface area contributed by atoms with Crippen molar-refractivity contribution in [3.05, 3.63) is 48.6 Å². The van der Waals surface area contributed by atoms with Crippen LogP contribution in [-0.2, 0) is 10.0 Å². The molecule has 1 amide bonds. The Balaban J connectivity index is 2.38. The summed E-state index contributed by atoms with van der Waals surface area (Å²) in [5, 5.41) is -0.00499. The summed E-state index contributed by atoms with van der Waals surface area (Å²) in [7, 11) is -4.00. The molecule has 2 unspecified atom stereocenters. The van der Waals surface area contributed by atoms with E-state index in [1.54, 1.807) is 18.2 Å². The van der Waals surface area contributed by atoms with E-state index in [2.05, 4.69) is 11.6 Å². The molecule has 2 atom stereocenters. The van der Waals surface area contributed by atoms with Crippen molar-refractivity contribution >= 4 is 33.5 Å². The van der Waals surface area contributed by atoms with Crippen LogP contribution in [0.25, 0.3) is 0 Å². The number of alkyl halides is 1. The molecule has 0 radical (unpaired) electrons. The van der Waals surface area contributed by atoms with Crippen LogP contribution in [0.4, 0.5) is 0 Å². The largest absolute Gasteiger partial charge is 0.369 e. The smallest absolute Gasteiger partial charge is 0.274 e. The number of amides is 1. The topological polar surface area (TPSA) is 92.8 Å². The summed E-state index contributed by atoms with van der Waals surface area (Å²) in [5.74, 6) is -1.48. The van der Waals surface area contributed by atoms with Crippen molar-refractivity contribution in [2.45, 2.75) is 30.7 Å². The van der Waals surface area contributed by atoms with Crippen LogP contribution in [0.5, 0.6) is 0 Å². The molecule has 6 nitrogen and oxygen atoms in total. The summed E-state index contributed by atoms with van der Waals surface area (Å²) in [5.41, 5.74) is 6.11. The Morgan fingerprint density at radius 1 is 1.38 bits per heavy atom. The van der Waals surface area contributed by atoms with Crippen molar-refractivity contribution in [1.82, 2.24) is 4.31 Å². The summed E-state index contributed by atoms with van der Waals surface area (Å²) in [4.78, 5) is 16.9. The van der Waals surface area contributed by atoms with Crippen LogP contribution in [0.2, 0.25) is 0 Å². The number of guanidine groups is 1. The predicted octanol–water partition coefficient (Wildman–Crippen LogP) is 2.12. The lowest BCUT2D eigenvalue weighted by atomic mass is 10.2. The Bertz CT molecular complexity index is 734. The summed E-state index contributed by atoms with van der Waals surface area (Å²) in [6.07, 6.45) is 3.31. The zero-order valence-corrected chi connectivity index (χ0v) is 14.7. The zero-order valence-electron chi connectivity index (χ0n) is 13.1. The van der Waals surface area contributed by atoms with Crippen LogP contribution in [0, 0.1) is 0 Å². The molecule has 1 aromatic rings. The van der Waals surface area contributed by atoms with Gasteiger partial charge < -0.3 is 5.73 Å². The molecule has 0 spiro atoms. The molecule has 1 saturated carbocycles. The van der Waals surface area contributed by atoms with Gasteiger partial charge in [0.25, 0.3) is 5.91 Å². The molecule has 2 rings (SSSR count). The van der Waals surface area contributed by atoms with Crippen molar-refractivity contribution in [2.24, 2.45) is 10.7 Å². The van der Waals surface area contributed by atoms with E-state index >= 15 is 0 Å². The second-order valence-electron chi connectivity index (χ2n) is 5.55. The highest BCUT2D eigenvalue weighted by molar-refractivity contribution is 7.90. The molecule has 130 valence electrons. The third kappa shape index (κ3) is 4.36. The molecular formula is C16H20ClN3O3S. The number of nitrogens with two attached hydrogens (primary N) is 1. The predicted molar refractivity (Wildman–Crippen MR) is 95.5 cm³/mol. The Hall–Kier alpha value is -1.86. The molecular weight excluding hydrogens is 350 g/mol. The molecule has 0 aliphatic heterocycles. The lowest BCUT2D eigenvalue weighted by molar-refractivity contribution is 0.0912. The van der Waals surface area contributed by atoms with Crippen LogP contribution in [-0.4, -0.2) is 41.8 Å². The second kappa shape index (κ2) is 7.81. The molecule has 1 aliphatic carbocycles. The maximum atomic E-state index is 12.7. The monoisotopic (exact) mass is 369 g/mol. The van der Waals surface area contributed by atoms with Gasteiger partial charge in [0.05, 0.1) is 11.8 Å². The van der Waals surface area contributed by atoms with Gasteiger partial charge in [-0.2, -0.15) is 4.31 Å². The van der Waals surface area contributed by atoms with E-state index in [1.165, 1.54) is 18.2 Å². The van der Waals surface area contributed by atoms with Gasteiger partial charge in [0.1, 0.15) is 0 Å². The average molecular weight is 370 g/mol. The molecule has 8 heteroatoms. The van der Waals surface area contributed by atoms with E-state index in [0.29, 0.717) is 17.1 Å². The molecule has 2 N–H and O–H groups in total. The molecule has 0 saturated heterocycles. The molecule has 24 heavy (non-hydrogen) atoms. The first-order chi connectivity index (χ1) is 11.3. The lowest BCUT2D eigenvalue weighted by Crippen LogP contribution is -2.47. The number of hydrogen-bond acceptors (Lipinski definition) is 4. The quantitative estimate of drug-likeness (QED) is 0.372. The average Bonchev–Trinajstić information content (AvgIpc) is 2.92. The van der Waals surface area contributed by atoms with Gasteiger partial charge in [-0.05, 0) is 31.4 Å². The molecule has 0 bridgehead atoms. The minimum absolute atomic E-state index is 0.00499. The van der Waals surface area contributed by atoms with E-state index in [-0.39, 0.29) is 22.9 Å². The van der Waals surface area contributed by atoms with Gasteiger partial charge in [-0.1, -0.05) is 24.3 Å². The first kappa shape index (κ1) is 18.5. The van der Waals surface area contributed by atoms with Gasteiger partial charge >= 0.3 is 0 Å². The minimum Gasteiger partial charge on any atom is -0.369 e. The highest BCUT2D eigenvalue weighted by atomic mass is 35.5. The van der Waals surface area contributed by atoms with E-state index in [4.69, 9.17) is 17.3 Å². The van der Waals surface area contributed by atoms with Crippen LogP contribution in [0.15, 0.2) is 48.0 Å². The van der Waals surface area contributed by atoms with Gasteiger partial charge in [-0.25, -0.2) is 13.4 Å². The second-order valence-corrected chi connectivity index (χ2v) is 8.03. The number of sulfonamides is 1. The SMILES string of the molecule is C=CCS(=O)(=O)N(C(=O)c1ccccc1)C(N)=NC1CCC(Cl)C1. The number of aliphatic imine (C=N–C) groups is 1. The van der Waals surface area contributed by atoms with Crippen molar-refractivity contribution in [2.75, 3.05) is 5.75 Å². The molecule has 1 aromatic carbocycles. The molecule has 0 heterocycles. The molecule has 0 aromatic heterocycles. The maximum Gasteiger partial charge on any atom is 0.274 e. The van der Waals surface area contributed by atoms with Crippen molar-refractivity contribution in [3.8, 4) is 0 Å². The molecule has 1 aliphatic rings. The Kier molecular flexibility index (Phi) is 6.01. The fourth-order valence-electron chi connectivity index (χ4n) is 2.56. The first-order valence-corrected chi connectivity index (χ1v) is 9.60. The Labute approximate surface area is 147 Å². The van der Waals surface area contributed by atoms with Gasteiger partial charge in [0, 0.05) is 10.9 Å². The molecule has 1 fully saturated rings. The van der Waals surface area contributed by atoms with Crippen LogP contribution < -0.4 is 5.73 Å². The zero-order chi connectivity index (χ0) is 17.7. The number of halogens is 1. The third-order valence-corrected chi connectivity index (χ3v) is 5.64. The van der Waals surface area contributed by atoms with Crippen molar-refractivity contribution < 1.29 is 13.2 Å². The minimum atomic E-state index is -4.00. The summed E-state index contributed by atoms with van der Waals surface area (Å²) < 4.78 is 25.5. The fourth-order valence-corrected chi connectivity index (χ4v) is 4.02. The number of rotatable bonds is 5. The summed E-state index contributed by atoms with van der Waals surface area (Å²) >= 11 is 6.05. The van der Waals surface area contributed by atoms with E-state index < -0.39 is 21.7 Å². The van der Waals surface area contributed by atoms with E-state index in [1.807, 2.05) is 0 Å². The standard InChI is InChI=1S/C16H20ClN3O3S/c1-2-10-24(22,23)20(15(21)12-6-4-3-5-7-12)16(18)19-14-9-8-13(17)11-14/h2-7,13-14H,1,8-11H2,(H2,18,19). The number of carbonyl (C=O) groups is 1. The highest BCUT2D eigenvalue weighted by Crippen LogP contribution is 2.26. The summed E-state index contributed by atoms with van der Waals surface area (Å²) in [6.45, 7) is 3.42. The van der Waals surface area contributed by atoms with Gasteiger partial charge in [-0.15, -0.1) is 18.2 Å². The van der Waals surface area contributed by atoms with Gasteiger partial charge in [0.2, 0.25) is 16.0 Å².